The smallest absolute Gasteiger partial charge is 0.324 e. The number of nitrogens with zero attached hydrogens (tertiary/aromatic N) is 2. The highest BCUT2D eigenvalue weighted by Gasteiger charge is 2.57. The molecular formula is C33H27F4N3O4S2. The van der Waals surface area contributed by atoms with Gasteiger partial charge < -0.3 is 5.32 Å². The lowest BCUT2D eigenvalue weighted by atomic mass is 9.81. The highest BCUT2D eigenvalue weighted by molar-refractivity contribution is 8.00. The zero-order valence-electron chi connectivity index (χ0n) is 24.7. The van der Waals surface area contributed by atoms with E-state index in [0.29, 0.717) is 15.5 Å². The lowest BCUT2D eigenvalue weighted by Gasteiger charge is -2.31. The predicted molar refractivity (Wildman–Crippen MR) is 168 cm³/mol. The van der Waals surface area contributed by atoms with Gasteiger partial charge in [-0.2, -0.15) is 13.2 Å². The third-order valence-electron chi connectivity index (χ3n) is 8.08. The van der Waals surface area contributed by atoms with Crippen molar-refractivity contribution in [2.24, 2.45) is 5.92 Å². The summed E-state index contributed by atoms with van der Waals surface area (Å²) in [5.41, 5.74) is 0.268. The number of carbonyl (C=O) groups excluding carboxylic acids is 3. The summed E-state index contributed by atoms with van der Waals surface area (Å²) >= 11 is 1.81. The van der Waals surface area contributed by atoms with Gasteiger partial charge in [0.05, 0.1) is 27.9 Å². The van der Waals surface area contributed by atoms with Gasteiger partial charge in [-0.25, -0.2) is 9.29 Å². The molecule has 0 bridgehead atoms. The van der Waals surface area contributed by atoms with Gasteiger partial charge in [-0.05, 0) is 52.9 Å². The number of alkyl halides is 3. The van der Waals surface area contributed by atoms with E-state index >= 15 is 0 Å². The summed E-state index contributed by atoms with van der Waals surface area (Å²) in [4.78, 5) is 55.3. The number of halogens is 4. The third-order valence-corrected chi connectivity index (χ3v) is 10.7. The Bertz CT molecular complexity index is 1910. The summed E-state index contributed by atoms with van der Waals surface area (Å²) in [6, 6.07) is 17.1. The lowest BCUT2D eigenvalue weighted by molar-refractivity contribution is -0.137. The van der Waals surface area contributed by atoms with E-state index in [1.54, 1.807) is 0 Å². The molecule has 2 aliphatic heterocycles. The lowest BCUT2D eigenvalue weighted by Crippen LogP contribution is -2.33. The Hall–Kier alpha value is -4.23. The van der Waals surface area contributed by atoms with Gasteiger partial charge in [0.15, 0.2) is 0 Å². The monoisotopic (exact) mass is 669 g/mol. The summed E-state index contributed by atoms with van der Waals surface area (Å²) < 4.78 is 55.4. The van der Waals surface area contributed by atoms with Gasteiger partial charge in [0.2, 0.25) is 17.7 Å². The fourth-order valence-electron chi connectivity index (χ4n) is 5.82. The maximum absolute atomic E-state index is 14.0. The average molecular weight is 670 g/mol. The number of anilines is 2. The van der Waals surface area contributed by atoms with Crippen LogP contribution >= 0.6 is 23.1 Å². The molecule has 1 fully saturated rings. The second kappa shape index (κ2) is 11.5. The molecule has 3 heterocycles. The van der Waals surface area contributed by atoms with E-state index < -0.39 is 69.5 Å². The summed E-state index contributed by atoms with van der Waals surface area (Å²) in [5.74, 6) is -4.09. The normalized spacial score (nSPS) is 19.6. The van der Waals surface area contributed by atoms with E-state index in [0.717, 1.165) is 62.4 Å². The molecule has 6 rings (SSSR count). The predicted octanol–water partition coefficient (Wildman–Crippen LogP) is 6.80. The number of rotatable bonds is 5. The van der Waals surface area contributed by atoms with Crippen molar-refractivity contribution in [1.29, 1.82) is 0 Å². The minimum Gasteiger partial charge on any atom is -0.324 e. The molecule has 0 aliphatic carbocycles. The molecule has 0 radical (unpaired) electrons. The average Bonchev–Trinajstić information content (AvgIpc) is 3.43. The summed E-state index contributed by atoms with van der Waals surface area (Å²) in [5, 5.41) is 1.58. The number of para-hydroxylation sites is 1. The SMILES string of the molecule is CC(C)(C)c1ccc([C@H]2c3sc(=O)n(CC(=O)Nc4ccccc4C(F)(F)F)c3SC3C(=O)N(c4ccc(F)cc4)C(=O)C32)cc1. The molecule has 7 nitrogen and oxygen atoms in total. The van der Waals surface area contributed by atoms with E-state index in [2.05, 4.69) is 26.1 Å². The fourth-order valence-corrected chi connectivity index (χ4v) is 8.60. The Morgan fingerprint density at radius 1 is 0.891 bits per heavy atom. The van der Waals surface area contributed by atoms with Crippen molar-refractivity contribution in [2.45, 2.75) is 55.1 Å². The molecule has 13 heteroatoms. The van der Waals surface area contributed by atoms with E-state index in [-0.39, 0.29) is 11.1 Å². The van der Waals surface area contributed by atoms with Gasteiger partial charge in [0.25, 0.3) is 0 Å². The van der Waals surface area contributed by atoms with Crippen LogP contribution < -0.4 is 15.1 Å². The number of nitrogens with one attached hydrogen (secondary N) is 1. The van der Waals surface area contributed by atoms with Crippen LogP contribution in [0.4, 0.5) is 28.9 Å². The van der Waals surface area contributed by atoms with Crippen molar-refractivity contribution in [3.63, 3.8) is 0 Å². The van der Waals surface area contributed by atoms with Gasteiger partial charge in [0, 0.05) is 10.8 Å². The number of carbonyl (C=O) groups is 3. The van der Waals surface area contributed by atoms with Crippen LogP contribution in [-0.4, -0.2) is 27.5 Å². The van der Waals surface area contributed by atoms with E-state index in [4.69, 9.17) is 0 Å². The van der Waals surface area contributed by atoms with E-state index in [9.17, 15) is 36.7 Å². The van der Waals surface area contributed by atoms with Gasteiger partial charge in [-0.1, -0.05) is 80.3 Å². The van der Waals surface area contributed by atoms with Crippen molar-refractivity contribution in [1.82, 2.24) is 4.57 Å². The molecule has 46 heavy (non-hydrogen) atoms. The van der Waals surface area contributed by atoms with Gasteiger partial charge in [0.1, 0.15) is 17.6 Å². The standard InChI is InChI=1S/C33H27F4N3O4S2/c1-32(2,3)18-10-8-17(9-11-18)24-25-26(29(43)40(28(25)42)20-14-12-19(34)13-15-20)45-30-27(24)46-31(44)39(30)16-23(41)38-22-7-5-4-6-21(22)33(35,36)37/h4-15,24-26H,16H2,1-3H3,(H,38,41)/t24-,25?,26?/m1/s1. The van der Waals surface area contributed by atoms with Crippen molar-refractivity contribution in [2.75, 3.05) is 10.2 Å². The second-order valence-corrected chi connectivity index (χ2v) is 14.2. The molecule has 2 unspecified atom stereocenters. The molecule has 3 amide bonds. The van der Waals surface area contributed by atoms with Crippen LogP contribution in [0.2, 0.25) is 0 Å². The minimum absolute atomic E-state index is 0.167. The Balaban J connectivity index is 1.41. The van der Waals surface area contributed by atoms with Gasteiger partial charge in [-0.15, -0.1) is 0 Å². The minimum atomic E-state index is -4.71. The molecule has 3 atom stereocenters. The Morgan fingerprint density at radius 3 is 2.17 bits per heavy atom. The summed E-state index contributed by atoms with van der Waals surface area (Å²) in [6.07, 6.45) is -4.71. The number of benzene rings is 3. The topological polar surface area (TPSA) is 88.5 Å². The Labute approximate surface area is 269 Å². The first-order valence-corrected chi connectivity index (χ1v) is 15.9. The van der Waals surface area contributed by atoms with Crippen molar-refractivity contribution >= 4 is 52.2 Å². The van der Waals surface area contributed by atoms with Crippen LogP contribution in [0.3, 0.4) is 0 Å². The molecule has 2 aliphatic rings. The number of imide groups is 1. The molecule has 3 aromatic carbocycles. The third kappa shape index (κ3) is 5.66. The highest BCUT2D eigenvalue weighted by Crippen LogP contribution is 2.54. The Kier molecular flexibility index (Phi) is 7.96. The van der Waals surface area contributed by atoms with Gasteiger partial charge in [-0.3, -0.25) is 23.7 Å². The number of amides is 3. The Morgan fingerprint density at radius 2 is 1.54 bits per heavy atom. The summed E-state index contributed by atoms with van der Waals surface area (Å²) in [6.45, 7) is 5.55. The molecule has 1 N–H and O–H groups in total. The van der Waals surface area contributed by atoms with Crippen molar-refractivity contribution in [3.05, 3.63) is 110 Å². The molecular weight excluding hydrogens is 643 g/mol. The molecule has 1 aromatic heterocycles. The number of hydrogen-bond donors (Lipinski definition) is 1. The molecule has 0 spiro atoms. The zero-order valence-corrected chi connectivity index (χ0v) is 26.4. The van der Waals surface area contributed by atoms with Crippen LogP contribution in [0.5, 0.6) is 0 Å². The molecule has 0 saturated carbocycles. The van der Waals surface area contributed by atoms with Crippen LogP contribution in [-0.2, 0) is 32.5 Å². The highest BCUT2D eigenvalue weighted by atomic mass is 32.2. The quantitative estimate of drug-likeness (QED) is 0.187. The molecule has 4 aromatic rings. The van der Waals surface area contributed by atoms with Gasteiger partial charge >= 0.3 is 11.0 Å². The maximum atomic E-state index is 14.0. The fraction of sp³-hybridized carbons (Fsp3) is 0.273. The number of hydrogen-bond acceptors (Lipinski definition) is 6. The van der Waals surface area contributed by atoms with Crippen molar-refractivity contribution < 1.29 is 31.9 Å². The number of fused-ring (bicyclic) bond motifs is 2. The second-order valence-electron chi connectivity index (χ2n) is 12.1. The summed E-state index contributed by atoms with van der Waals surface area (Å²) in [7, 11) is 0. The first-order chi connectivity index (χ1) is 21.6. The molecule has 1 saturated heterocycles. The zero-order chi connectivity index (χ0) is 33.1. The first-order valence-electron chi connectivity index (χ1n) is 14.2. The van der Waals surface area contributed by atoms with Crippen LogP contribution in [0, 0.1) is 11.7 Å². The maximum Gasteiger partial charge on any atom is 0.418 e. The van der Waals surface area contributed by atoms with Crippen LogP contribution in [0.15, 0.2) is 82.6 Å². The van der Waals surface area contributed by atoms with Crippen LogP contribution in [0.1, 0.15) is 48.3 Å². The largest absolute Gasteiger partial charge is 0.418 e. The number of thioether (sulfide) groups is 1. The first kappa shape index (κ1) is 31.7. The van der Waals surface area contributed by atoms with Crippen LogP contribution in [0.25, 0.3) is 0 Å². The number of aromatic nitrogens is 1. The van der Waals surface area contributed by atoms with E-state index in [1.165, 1.54) is 24.3 Å². The molecule has 238 valence electrons. The van der Waals surface area contributed by atoms with Crippen molar-refractivity contribution in [3.8, 4) is 0 Å². The van der Waals surface area contributed by atoms with E-state index in [1.807, 2.05) is 24.3 Å². The number of thiazole rings is 1.